The van der Waals surface area contributed by atoms with Crippen molar-refractivity contribution in [2.45, 2.75) is 19.5 Å². The average molecular weight is 319 g/mol. The minimum atomic E-state index is -5.13. The smallest absolute Gasteiger partial charge is 0.414 e. The van der Waals surface area contributed by atoms with Crippen LogP contribution in [0.25, 0.3) is 0 Å². The van der Waals surface area contributed by atoms with Gasteiger partial charge in [0.1, 0.15) is 12.3 Å². The van der Waals surface area contributed by atoms with E-state index in [1.165, 1.54) is 6.07 Å². The van der Waals surface area contributed by atoms with Crippen molar-refractivity contribution in [2.24, 2.45) is 0 Å². The van der Waals surface area contributed by atoms with Crippen LogP contribution in [-0.2, 0) is 14.1 Å². The van der Waals surface area contributed by atoms with Gasteiger partial charge in [0.25, 0.3) is 0 Å². The van der Waals surface area contributed by atoms with Crippen LogP contribution in [0.3, 0.4) is 0 Å². The Bertz CT molecular complexity index is 544. The molecule has 0 aliphatic heterocycles. The predicted octanol–water partition coefficient (Wildman–Crippen LogP) is 0.308. The molecule has 0 fully saturated rings. The van der Waals surface area contributed by atoms with Crippen LogP contribution in [0.2, 0.25) is 0 Å². The SMILES string of the molecule is CCOC(=O)CNC(O)(Oc1ccccc1C)P(=O)(O)O. The number of aliphatic hydroxyl groups is 1. The number of hydrogen-bond acceptors (Lipinski definition) is 6. The molecule has 0 aromatic heterocycles. The Hall–Kier alpha value is -1.44. The van der Waals surface area contributed by atoms with Crippen molar-refractivity contribution >= 4 is 13.6 Å². The Morgan fingerprint density at radius 3 is 2.52 bits per heavy atom. The van der Waals surface area contributed by atoms with Gasteiger partial charge in [-0.25, -0.2) is 5.32 Å². The van der Waals surface area contributed by atoms with E-state index in [2.05, 4.69) is 4.74 Å². The number of esters is 1. The summed E-state index contributed by atoms with van der Waals surface area (Å²) in [5.74, 6) is -0.711. The van der Waals surface area contributed by atoms with Gasteiger partial charge in [-0.05, 0) is 25.5 Å². The van der Waals surface area contributed by atoms with Crippen LogP contribution in [0.4, 0.5) is 0 Å². The fourth-order valence-corrected chi connectivity index (χ4v) is 1.92. The highest BCUT2D eigenvalue weighted by atomic mass is 31.2. The molecule has 4 N–H and O–H groups in total. The van der Waals surface area contributed by atoms with E-state index in [4.69, 9.17) is 4.74 Å². The van der Waals surface area contributed by atoms with E-state index in [9.17, 15) is 24.3 Å². The number of para-hydroxylation sites is 1. The van der Waals surface area contributed by atoms with Gasteiger partial charge in [0.05, 0.1) is 6.61 Å². The molecule has 0 saturated carbocycles. The molecule has 0 amide bonds. The molecule has 21 heavy (non-hydrogen) atoms. The van der Waals surface area contributed by atoms with E-state index in [0.717, 1.165) is 0 Å². The number of carbonyl (C=O) groups excluding carboxylic acids is 1. The van der Waals surface area contributed by atoms with E-state index < -0.39 is 25.8 Å². The third kappa shape index (κ3) is 4.80. The van der Waals surface area contributed by atoms with E-state index in [1.54, 1.807) is 32.0 Å². The molecule has 0 saturated heterocycles. The Labute approximate surface area is 121 Å². The summed E-state index contributed by atoms with van der Waals surface area (Å²) in [5.41, 5.74) is -2.46. The number of ether oxygens (including phenoxy) is 2. The van der Waals surface area contributed by atoms with Gasteiger partial charge >= 0.3 is 19.2 Å². The summed E-state index contributed by atoms with van der Waals surface area (Å²) < 4.78 is 21.0. The molecule has 1 aromatic rings. The molecule has 1 aromatic carbocycles. The second-order valence-electron chi connectivity index (χ2n) is 4.18. The molecule has 9 heteroatoms. The van der Waals surface area contributed by atoms with E-state index in [-0.39, 0.29) is 12.4 Å². The number of aryl methyl sites for hydroxylation is 1. The predicted molar refractivity (Wildman–Crippen MR) is 73.4 cm³/mol. The van der Waals surface area contributed by atoms with Crippen LogP contribution >= 0.6 is 7.60 Å². The quantitative estimate of drug-likeness (QED) is 0.321. The standard InChI is InChI=1S/C12H18NO7P/c1-3-19-11(14)8-13-12(15,21(16,17)18)20-10-7-5-4-6-9(10)2/h4-7,13,15H,3,8H2,1-2H3,(H2,16,17,18). The minimum absolute atomic E-state index is 0.0692. The lowest BCUT2D eigenvalue weighted by molar-refractivity contribution is -0.148. The second-order valence-corrected chi connectivity index (χ2v) is 5.87. The Kier molecular flexibility index (Phi) is 5.88. The zero-order valence-electron chi connectivity index (χ0n) is 11.6. The maximum atomic E-state index is 11.4. The minimum Gasteiger partial charge on any atom is -0.465 e. The van der Waals surface area contributed by atoms with Crippen molar-refractivity contribution < 1.29 is 33.7 Å². The summed E-state index contributed by atoms with van der Waals surface area (Å²) in [6, 6.07) is 6.35. The molecule has 0 aliphatic rings. The lowest BCUT2D eigenvalue weighted by Crippen LogP contribution is -2.52. The Balaban J connectivity index is 2.92. The molecule has 0 bridgehead atoms. The first-order valence-electron chi connectivity index (χ1n) is 6.13. The van der Waals surface area contributed by atoms with E-state index >= 15 is 0 Å². The molecule has 1 atom stereocenters. The number of hydrogen-bond donors (Lipinski definition) is 4. The lowest BCUT2D eigenvalue weighted by Gasteiger charge is -2.30. The van der Waals surface area contributed by atoms with Gasteiger partial charge in [-0.1, -0.05) is 18.2 Å². The highest BCUT2D eigenvalue weighted by Crippen LogP contribution is 2.48. The van der Waals surface area contributed by atoms with Crippen LogP contribution in [0.1, 0.15) is 12.5 Å². The van der Waals surface area contributed by atoms with Gasteiger partial charge in [-0.2, -0.15) is 0 Å². The van der Waals surface area contributed by atoms with Crippen molar-refractivity contribution in [3.05, 3.63) is 29.8 Å². The average Bonchev–Trinajstić information content (AvgIpc) is 2.38. The fraction of sp³-hybridized carbons (Fsp3) is 0.417. The summed E-state index contributed by atoms with van der Waals surface area (Å²) in [4.78, 5) is 29.7. The zero-order chi connectivity index (χ0) is 16.1. The molecular weight excluding hydrogens is 301 g/mol. The zero-order valence-corrected chi connectivity index (χ0v) is 12.5. The van der Waals surface area contributed by atoms with Crippen LogP contribution in [0.15, 0.2) is 24.3 Å². The van der Waals surface area contributed by atoms with Crippen LogP contribution in [-0.4, -0.2) is 39.7 Å². The molecule has 0 heterocycles. The normalized spacial score (nSPS) is 14.3. The summed E-state index contributed by atoms with van der Waals surface area (Å²) in [6.07, 6.45) is 0. The maximum Gasteiger partial charge on any atom is 0.414 e. The lowest BCUT2D eigenvalue weighted by atomic mass is 10.2. The third-order valence-corrected chi connectivity index (χ3v) is 3.55. The van der Waals surface area contributed by atoms with Crippen LogP contribution < -0.4 is 10.1 Å². The van der Waals surface area contributed by atoms with E-state index in [0.29, 0.717) is 5.56 Å². The number of carbonyl (C=O) groups is 1. The van der Waals surface area contributed by atoms with Crippen molar-refractivity contribution in [1.29, 1.82) is 0 Å². The number of benzene rings is 1. The third-order valence-electron chi connectivity index (χ3n) is 2.51. The van der Waals surface area contributed by atoms with Crippen LogP contribution in [0.5, 0.6) is 5.75 Å². The van der Waals surface area contributed by atoms with Crippen LogP contribution in [0, 0.1) is 6.92 Å². The molecular formula is C12H18NO7P. The van der Waals surface area contributed by atoms with Crippen molar-refractivity contribution in [3.8, 4) is 5.75 Å². The van der Waals surface area contributed by atoms with Gasteiger partial charge in [0.15, 0.2) is 0 Å². The molecule has 0 spiro atoms. The fourth-order valence-electron chi connectivity index (χ4n) is 1.42. The summed E-state index contributed by atoms with van der Waals surface area (Å²) in [7, 11) is -5.13. The van der Waals surface area contributed by atoms with Gasteiger partial charge < -0.3 is 24.4 Å². The molecule has 8 nitrogen and oxygen atoms in total. The molecule has 0 radical (unpaired) electrons. The maximum absolute atomic E-state index is 11.4. The van der Waals surface area contributed by atoms with Crippen molar-refractivity contribution in [2.75, 3.05) is 13.2 Å². The first-order chi connectivity index (χ1) is 9.69. The second kappa shape index (κ2) is 7.02. The van der Waals surface area contributed by atoms with Crippen molar-refractivity contribution in [3.63, 3.8) is 0 Å². The van der Waals surface area contributed by atoms with Gasteiger partial charge in [0, 0.05) is 0 Å². The first kappa shape index (κ1) is 17.6. The summed E-state index contributed by atoms with van der Waals surface area (Å²) in [6.45, 7) is 2.70. The topological polar surface area (TPSA) is 125 Å². The molecule has 0 aliphatic carbocycles. The Morgan fingerprint density at radius 1 is 1.38 bits per heavy atom. The first-order valence-corrected chi connectivity index (χ1v) is 7.74. The number of nitrogens with one attached hydrogen (secondary N) is 1. The van der Waals surface area contributed by atoms with Gasteiger partial charge in [-0.15, -0.1) is 0 Å². The molecule has 1 rings (SSSR count). The van der Waals surface area contributed by atoms with E-state index in [1.807, 2.05) is 5.32 Å². The van der Waals surface area contributed by atoms with Gasteiger partial charge in [0.2, 0.25) is 0 Å². The monoisotopic (exact) mass is 319 g/mol. The molecule has 1 unspecified atom stereocenters. The Morgan fingerprint density at radius 2 is 2.00 bits per heavy atom. The van der Waals surface area contributed by atoms with Gasteiger partial charge in [-0.3, -0.25) is 9.36 Å². The molecule has 118 valence electrons. The summed E-state index contributed by atoms with van der Waals surface area (Å²) in [5, 5.41) is 12.0. The summed E-state index contributed by atoms with van der Waals surface area (Å²) >= 11 is 0. The van der Waals surface area contributed by atoms with Crippen molar-refractivity contribution in [1.82, 2.24) is 5.32 Å². The number of rotatable bonds is 7. The largest absolute Gasteiger partial charge is 0.465 e. The highest BCUT2D eigenvalue weighted by Gasteiger charge is 2.49. The highest BCUT2D eigenvalue weighted by molar-refractivity contribution is 7.53.